The van der Waals surface area contributed by atoms with E-state index in [0.29, 0.717) is 15.8 Å². The predicted octanol–water partition coefficient (Wildman–Crippen LogP) is 3.03. The van der Waals surface area contributed by atoms with Crippen LogP contribution in [0.4, 0.5) is 11.4 Å². The van der Waals surface area contributed by atoms with Crippen LogP contribution in [0.1, 0.15) is 19.4 Å². The van der Waals surface area contributed by atoms with Crippen molar-refractivity contribution in [2.75, 3.05) is 10.2 Å². The van der Waals surface area contributed by atoms with Crippen LogP contribution in [-0.4, -0.2) is 23.8 Å². The zero-order chi connectivity index (χ0) is 20.5. The van der Waals surface area contributed by atoms with E-state index in [1.807, 2.05) is 44.2 Å². The Morgan fingerprint density at radius 3 is 2.41 bits per heavy atom. The molecular formula is C22H20BrN3O3. The van der Waals surface area contributed by atoms with Gasteiger partial charge in [0.25, 0.3) is 0 Å². The monoisotopic (exact) mass is 453 g/mol. The van der Waals surface area contributed by atoms with Gasteiger partial charge in [0.1, 0.15) is 5.54 Å². The summed E-state index contributed by atoms with van der Waals surface area (Å²) < 4.78 is 0.668. The molecule has 6 nitrogen and oxygen atoms in total. The number of anilines is 2. The molecule has 2 saturated heterocycles. The molecule has 0 saturated carbocycles. The second kappa shape index (κ2) is 6.24. The lowest BCUT2D eigenvalue weighted by Gasteiger charge is -2.30. The van der Waals surface area contributed by atoms with Crippen molar-refractivity contribution in [2.45, 2.75) is 25.4 Å². The molecule has 3 aliphatic heterocycles. The van der Waals surface area contributed by atoms with Crippen molar-refractivity contribution >= 4 is 45.0 Å². The highest BCUT2D eigenvalue weighted by atomic mass is 79.9. The van der Waals surface area contributed by atoms with Gasteiger partial charge < -0.3 is 5.32 Å². The number of para-hydroxylation sites is 2. The standard InChI is InChI=1S/C22H20BrN3O3/c1-11(2)18-16-17(20(28)26(19(16)27)15-10-6-4-8-13(15)23)22(25-18)12-7-3-5-9-14(12)24-21(22)29/h3-11,16-18,25H,1-2H3,(H,24,29). The summed E-state index contributed by atoms with van der Waals surface area (Å²) in [6, 6.07) is 14.3. The van der Waals surface area contributed by atoms with E-state index in [9.17, 15) is 14.4 Å². The summed E-state index contributed by atoms with van der Waals surface area (Å²) in [6.45, 7) is 4.01. The van der Waals surface area contributed by atoms with Gasteiger partial charge in [-0.05, 0) is 40.0 Å². The van der Waals surface area contributed by atoms with Crippen molar-refractivity contribution in [3.63, 3.8) is 0 Å². The number of hydrogen-bond acceptors (Lipinski definition) is 4. The first kappa shape index (κ1) is 18.5. The fourth-order valence-electron chi connectivity index (χ4n) is 5.13. The number of rotatable bonds is 2. The number of benzene rings is 2. The van der Waals surface area contributed by atoms with Crippen LogP contribution in [0.2, 0.25) is 0 Å². The van der Waals surface area contributed by atoms with E-state index in [1.54, 1.807) is 18.2 Å². The van der Waals surface area contributed by atoms with Gasteiger partial charge in [0.2, 0.25) is 17.7 Å². The van der Waals surface area contributed by atoms with E-state index in [-0.39, 0.29) is 29.7 Å². The average molecular weight is 454 g/mol. The molecule has 0 radical (unpaired) electrons. The third-order valence-corrected chi connectivity index (χ3v) is 7.04. The smallest absolute Gasteiger partial charge is 0.250 e. The Kier molecular flexibility index (Phi) is 3.98. The molecule has 0 aliphatic carbocycles. The summed E-state index contributed by atoms with van der Waals surface area (Å²) in [4.78, 5) is 41.8. The van der Waals surface area contributed by atoms with Crippen molar-refractivity contribution in [1.29, 1.82) is 0 Å². The summed E-state index contributed by atoms with van der Waals surface area (Å²) in [6.07, 6.45) is 0. The lowest BCUT2D eigenvalue weighted by atomic mass is 9.76. The number of halogens is 1. The molecule has 5 rings (SSSR count). The highest BCUT2D eigenvalue weighted by molar-refractivity contribution is 9.10. The van der Waals surface area contributed by atoms with Crippen molar-refractivity contribution in [1.82, 2.24) is 5.32 Å². The molecule has 2 fully saturated rings. The van der Waals surface area contributed by atoms with Crippen LogP contribution >= 0.6 is 15.9 Å². The predicted molar refractivity (Wildman–Crippen MR) is 112 cm³/mol. The van der Waals surface area contributed by atoms with E-state index in [1.165, 1.54) is 4.90 Å². The van der Waals surface area contributed by atoms with E-state index >= 15 is 0 Å². The number of amides is 3. The van der Waals surface area contributed by atoms with Gasteiger partial charge in [-0.15, -0.1) is 0 Å². The minimum Gasteiger partial charge on any atom is -0.324 e. The number of nitrogens with zero attached hydrogens (tertiary/aromatic N) is 1. The second-order valence-corrected chi connectivity index (χ2v) is 9.04. The van der Waals surface area contributed by atoms with Crippen LogP contribution in [-0.2, 0) is 19.9 Å². The van der Waals surface area contributed by atoms with E-state index in [2.05, 4.69) is 26.6 Å². The third kappa shape index (κ3) is 2.28. The average Bonchev–Trinajstić information content (AvgIpc) is 3.28. The van der Waals surface area contributed by atoms with Crippen LogP contribution in [0, 0.1) is 17.8 Å². The van der Waals surface area contributed by atoms with Gasteiger partial charge in [-0.25, -0.2) is 4.90 Å². The molecule has 1 spiro atoms. The van der Waals surface area contributed by atoms with Gasteiger partial charge >= 0.3 is 0 Å². The molecule has 0 bridgehead atoms. The molecule has 4 atom stereocenters. The normalized spacial score (nSPS) is 30.3. The molecule has 3 amide bonds. The van der Waals surface area contributed by atoms with Crippen molar-refractivity contribution < 1.29 is 14.4 Å². The third-order valence-electron chi connectivity index (χ3n) is 6.37. The van der Waals surface area contributed by atoms with Gasteiger partial charge in [0.15, 0.2) is 0 Å². The van der Waals surface area contributed by atoms with Crippen molar-refractivity contribution in [2.24, 2.45) is 17.8 Å². The minimum atomic E-state index is -1.24. The molecular weight excluding hydrogens is 434 g/mol. The van der Waals surface area contributed by atoms with Gasteiger partial charge in [-0.3, -0.25) is 19.7 Å². The maximum Gasteiger partial charge on any atom is 0.250 e. The second-order valence-electron chi connectivity index (χ2n) is 8.19. The molecule has 2 aromatic rings. The summed E-state index contributed by atoms with van der Waals surface area (Å²) >= 11 is 3.46. The SMILES string of the molecule is CC(C)C1NC2(C(=O)Nc3ccccc32)C2C(=O)N(c3ccccc3Br)C(=O)C12. The first-order valence-electron chi connectivity index (χ1n) is 9.69. The lowest BCUT2D eigenvalue weighted by Crippen LogP contribution is -2.54. The van der Waals surface area contributed by atoms with Gasteiger partial charge in [-0.2, -0.15) is 0 Å². The Morgan fingerprint density at radius 1 is 1.00 bits per heavy atom. The Bertz CT molecular complexity index is 1070. The first-order valence-corrected chi connectivity index (χ1v) is 10.5. The molecule has 7 heteroatoms. The lowest BCUT2D eigenvalue weighted by molar-refractivity contribution is -0.130. The van der Waals surface area contributed by atoms with Crippen LogP contribution in [0.15, 0.2) is 53.0 Å². The Morgan fingerprint density at radius 2 is 1.69 bits per heavy atom. The number of carbonyl (C=O) groups is 3. The number of hydrogen-bond donors (Lipinski definition) is 2. The molecule has 4 unspecified atom stereocenters. The number of carbonyl (C=O) groups excluding carboxylic acids is 3. The Hall–Kier alpha value is -2.51. The van der Waals surface area contributed by atoms with Crippen LogP contribution in [0.5, 0.6) is 0 Å². The number of nitrogens with one attached hydrogen (secondary N) is 2. The molecule has 3 heterocycles. The zero-order valence-corrected chi connectivity index (χ0v) is 17.6. The Balaban J connectivity index is 1.71. The molecule has 29 heavy (non-hydrogen) atoms. The molecule has 2 N–H and O–H groups in total. The maximum atomic E-state index is 13.7. The van der Waals surface area contributed by atoms with Gasteiger partial charge in [0, 0.05) is 21.8 Å². The van der Waals surface area contributed by atoms with Crippen molar-refractivity contribution in [3.05, 3.63) is 58.6 Å². The molecule has 0 aromatic heterocycles. The van der Waals surface area contributed by atoms with Crippen LogP contribution in [0.3, 0.4) is 0 Å². The zero-order valence-electron chi connectivity index (χ0n) is 16.0. The quantitative estimate of drug-likeness (QED) is 0.684. The largest absolute Gasteiger partial charge is 0.324 e. The minimum absolute atomic E-state index is 0.0679. The summed E-state index contributed by atoms with van der Waals surface area (Å²) in [5, 5.41) is 6.34. The summed E-state index contributed by atoms with van der Waals surface area (Å²) in [7, 11) is 0. The van der Waals surface area contributed by atoms with E-state index in [4.69, 9.17) is 0 Å². The topological polar surface area (TPSA) is 78.5 Å². The summed E-state index contributed by atoms with van der Waals surface area (Å²) in [5.74, 6) is -2.20. The van der Waals surface area contributed by atoms with E-state index in [0.717, 1.165) is 5.56 Å². The highest BCUT2D eigenvalue weighted by Crippen LogP contribution is 2.54. The molecule has 3 aliphatic rings. The first-order chi connectivity index (χ1) is 13.9. The fourth-order valence-corrected chi connectivity index (χ4v) is 5.60. The molecule has 148 valence electrons. The highest BCUT2D eigenvalue weighted by Gasteiger charge is 2.71. The van der Waals surface area contributed by atoms with Crippen LogP contribution < -0.4 is 15.5 Å². The van der Waals surface area contributed by atoms with Crippen LogP contribution in [0.25, 0.3) is 0 Å². The number of imide groups is 1. The summed E-state index contributed by atoms with van der Waals surface area (Å²) in [5.41, 5.74) is 0.700. The maximum absolute atomic E-state index is 13.7. The van der Waals surface area contributed by atoms with Crippen molar-refractivity contribution in [3.8, 4) is 0 Å². The van der Waals surface area contributed by atoms with Gasteiger partial charge in [0.05, 0.1) is 17.5 Å². The number of fused-ring (bicyclic) bond motifs is 4. The Labute approximate surface area is 176 Å². The van der Waals surface area contributed by atoms with E-state index < -0.39 is 17.4 Å². The van der Waals surface area contributed by atoms with Gasteiger partial charge in [-0.1, -0.05) is 44.2 Å². The molecule has 2 aromatic carbocycles. The fraction of sp³-hybridized carbons (Fsp3) is 0.318.